The van der Waals surface area contributed by atoms with Gasteiger partial charge in [-0.25, -0.2) is 4.39 Å². The van der Waals surface area contributed by atoms with E-state index in [9.17, 15) is 4.39 Å². The largest absolute Gasteiger partial charge is 0.493 e. The molecule has 2 aromatic rings. The van der Waals surface area contributed by atoms with Crippen LogP contribution < -0.4 is 14.8 Å². The average molecular weight is 447 g/mol. The van der Waals surface area contributed by atoms with Crippen LogP contribution in [0.25, 0.3) is 0 Å². The van der Waals surface area contributed by atoms with Gasteiger partial charge in [-0.15, -0.1) is 12.4 Å². The third kappa shape index (κ3) is 6.45. The smallest absolute Gasteiger partial charge is 0.175 e. The van der Waals surface area contributed by atoms with E-state index in [4.69, 9.17) is 9.47 Å². The molecule has 1 N–H and O–H groups in total. The fraction of sp³-hybridized carbons (Fsp3) is 0.400. The van der Waals surface area contributed by atoms with Crippen molar-refractivity contribution in [2.45, 2.75) is 45.9 Å². The highest BCUT2D eigenvalue weighted by Gasteiger charge is 2.16. The van der Waals surface area contributed by atoms with Gasteiger partial charge in [0.25, 0.3) is 0 Å². The zero-order valence-electron chi connectivity index (χ0n) is 15.6. The van der Waals surface area contributed by atoms with Crippen LogP contribution in [0.3, 0.4) is 0 Å². The lowest BCUT2D eigenvalue weighted by Gasteiger charge is -2.25. The molecule has 2 aromatic carbocycles. The third-order valence-electron chi connectivity index (χ3n) is 4.24. The first-order valence-corrected chi connectivity index (χ1v) is 9.12. The van der Waals surface area contributed by atoms with Crippen molar-refractivity contribution in [2.75, 3.05) is 7.11 Å². The van der Waals surface area contributed by atoms with Gasteiger partial charge < -0.3 is 14.8 Å². The molecule has 0 amide bonds. The Bertz CT molecular complexity index is 708. The molecule has 144 valence electrons. The second-order valence-corrected chi connectivity index (χ2v) is 7.47. The predicted octanol–water partition coefficient (Wildman–Crippen LogP) is 5.88. The third-order valence-corrected chi connectivity index (χ3v) is 4.83. The zero-order valence-corrected chi connectivity index (χ0v) is 18.0. The molecule has 0 heterocycles. The fourth-order valence-electron chi connectivity index (χ4n) is 2.22. The van der Waals surface area contributed by atoms with E-state index in [1.54, 1.807) is 19.2 Å². The van der Waals surface area contributed by atoms with Crippen LogP contribution in [-0.4, -0.2) is 12.6 Å². The maximum Gasteiger partial charge on any atom is 0.175 e. The summed E-state index contributed by atoms with van der Waals surface area (Å²) in [7, 11) is 1.62. The summed E-state index contributed by atoms with van der Waals surface area (Å²) in [5.74, 6) is 1.06. The molecule has 0 saturated carbocycles. The minimum atomic E-state index is -0.255. The predicted molar refractivity (Wildman–Crippen MR) is 110 cm³/mol. The highest BCUT2D eigenvalue weighted by Crippen LogP contribution is 2.37. The van der Waals surface area contributed by atoms with Crippen LogP contribution in [0.15, 0.2) is 40.9 Å². The van der Waals surface area contributed by atoms with Crippen LogP contribution in [0, 0.1) is 5.82 Å². The molecular weight excluding hydrogens is 421 g/mol. The van der Waals surface area contributed by atoms with Crippen LogP contribution in [0.4, 0.5) is 4.39 Å². The molecule has 0 atom stereocenters. The molecule has 6 heteroatoms. The van der Waals surface area contributed by atoms with Crippen molar-refractivity contribution in [1.82, 2.24) is 5.32 Å². The fourth-order valence-corrected chi connectivity index (χ4v) is 2.82. The Morgan fingerprint density at radius 2 is 1.77 bits per heavy atom. The minimum Gasteiger partial charge on any atom is -0.493 e. The molecule has 26 heavy (non-hydrogen) atoms. The lowest BCUT2D eigenvalue weighted by atomic mass is 10.0. The van der Waals surface area contributed by atoms with E-state index in [1.165, 1.54) is 12.1 Å². The summed E-state index contributed by atoms with van der Waals surface area (Å²) >= 11 is 3.57. The van der Waals surface area contributed by atoms with E-state index in [2.05, 4.69) is 42.0 Å². The molecule has 0 bridgehead atoms. The number of benzene rings is 2. The van der Waals surface area contributed by atoms with Crippen LogP contribution >= 0.6 is 28.3 Å². The number of ether oxygens (including phenoxy) is 2. The van der Waals surface area contributed by atoms with Crippen molar-refractivity contribution in [3.05, 3.63) is 57.8 Å². The van der Waals surface area contributed by atoms with Crippen LogP contribution in [-0.2, 0) is 13.2 Å². The second kappa shape index (κ2) is 10.1. The number of nitrogens with one attached hydrogen (secondary N) is 1. The van der Waals surface area contributed by atoms with Crippen molar-refractivity contribution >= 4 is 28.3 Å². The molecular formula is C20H26BrClFNO2. The minimum absolute atomic E-state index is 0. The highest BCUT2D eigenvalue weighted by molar-refractivity contribution is 9.10. The van der Waals surface area contributed by atoms with Crippen molar-refractivity contribution in [2.24, 2.45) is 0 Å². The number of halogens is 3. The van der Waals surface area contributed by atoms with E-state index in [0.717, 1.165) is 28.6 Å². The van der Waals surface area contributed by atoms with Gasteiger partial charge in [0.15, 0.2) is 11.5 Å². The van der Waals surface area contributed by atoms with Crippen LogP contribution in [0.2, 0.25) is 0 Å². The van der Waals surface area contributed by atoms with Gasteiger partial charge in [0.2, 0.25) is 0 Å². The topological polar surface area (TPSA) is 30.5 Å². The lowest BCUT2D eigenvalue weighted by molar-refractivity contribution is 0.282. The van der Waals surface area contributed by atoms with Gasteiger partial charge in [-0.05, 0) is 71.6 Å². The van der Waals surface area contributed by atoms with Gasteiger partial charge in [-0.2, -0.15) is 0 Å². The molecule has 0 unspecified atom stereocenters. The average Bonchev–Trinajstić information content (AvgIpc) is 2.60. The maximum atomic E-state index is 13.0. The van der Waals surface area contributed by atoms with E-state index in [0.29, 0.717) is 18.1 Å². The van der Waals surface area contributed by atoms with Gasteiger partial charge in [0, 0.05) is 12.1 Å². The molecule has 0 aliphatic carbocycles. The van der Waals surface area contributed by atoms with Crippen molar-refractivity contribution < 1.29 is 13.9 Å². The number of hydrogen-bond donors (Lipinski definition) is 1. The summed E-state index contributed by atoms with van der Waals surface area (Å²) in [6.07, 6.45) is 1.05. The Morgan fingerprint density at radius 3 is 2.35 bits per heavy atom. The van der Waals surface area contributed by atoms with Gasteiger partial charge in [-0.3, -0.25) is 0 Å². The molecule has 0 aliphatic heterocycles. The van der Waals surface area contributed by atoms with Gasteiger partial charge in [0.05, 0.1) is 11.6 Å². The Kier molecular flexibility index (Phi) is 8.87. The molecule has 3 nitrogen and oxygen atoms in total. The van der Waals surface area contributed by atoms with Crippen molar-refractivity contribution in [3.63, 3.8) is 0 Å². The summed E-state index contributed by atoms with van der Waals surface area (Å²) in [5, 5.41) is 3.53. The molecule has 0 aliphatic rings. The SMILES string of the molecule is CCC(C)(C)NCc1cc(Br)c(OCc2ccc(F)cc2)c(OC)c1.Cl. The van der Waals surface area contributed by atoms with Crippen molar-refractivity contribution in [3.8, 4) is 11.5 Å². The summed E-state index contributed by atoms with van der Waals surface area (Å²) in [4.78, 5) is 0. The van der Waals surface area contributed by atoms with Crippen molar-refractivity contribution in [1.29, 1.82) is 0 Å². The Labute approximate surface area is 169 Å². The Hall–Kier alpha value is -1.30. The molecule has 0 aromatic heterocycles. The number of hydrogen-bond acceptors (Lipinski definition) is 3. The summed E-state index contributed by atoms with van der Waals surface area (Å²) in [6.45, 7) is 7.61. The van der Waals surface area contributed by atoms with E-state index >= 15 is 0 Å². The summed E-state index contributed by atoms with van der Waals surface area (Å²) in [5.41, 5.74) is 2.09. The molecule has 0 radical (unpaired) electrons. The quantitative estimate of drug-likeness (QED) is 0.549. The van der Waals surface area contributed by atoms with Gasteiger partial charge in [0.1, 0.15) is 12.4 Å². The summed E-state index contributed by atoms with van der Waals surface area (Å²) < 4.78 is 25.2. The molecule has 2 rings (SSSR count). The van der Waals surface area contributed by atoms with Gasteiger partial charge in [-0.1, -0.05) is 19.1 Å². The first kappa shape index (κ1) is 22.7. The number of methoxy groups -OCH3 is 1. The Balaban J connectivity index is 0.00000338. The summed E-state index contributed by atoms with van der Waals surface area (Å²) in [6, 6.07) is 10.3. The second-order valence-electron chi connectivity index (χ2n) is 6.62. The first-order valence-electron chi connectivity index (χ1n) is 8.33. The van der Waals surface area contributed by atoms with Crippen LogP contribution in [0.5, 0.6) is 11.5 Å². The maximum absolute atomic E-state index is 13.0. The highest BCUT2D eigenvalue weighted by atomic mass is 79.9. The van der Waals surface area contributed by atoms with E-state index < -0.39 is 0 Å². The monoisotopic (exact) mass is 445 g/mol. The normalized spacial score (nSPS) is 11.0. The first-order chi connectivity index (χ1) is 11.8. The number of rotatable bonds is 8. The molecule has 0 saturated heterocycles. The van der Waals surface area contributed by atoms with Gasteiger partial charge >= 0.3 is 0 Å². The zero-order chi connectivity index (χ0) is 18.4. The molecule has 0 fully saturated rings. The molecule has 0 spiro atoms. The van der Waals surface area contributed by atoms with E-state index in [-0.39, 0.29) is 23.8 Å². The van der Waals surface area contributed by atoms with Crippen LogP contribution in [0.1, 0.15) is 38.3 Å². The van der Waals surface area contributed by atoms with E-state index in [1.807, 2.05) is 12.1 Å². The standard InChI is InChI=1S/C20H25BrFNO2.ClH/c1-5-20(2,3)23-12-15-10-17(21)19(18(11-15)24-4)25-13-14-6-8-16(22)9-7-14;/h6-11,23H,5,12-13H2,1-4H3;1H. The lowest BCUT2D eigenvalue weighted by Crippen LogP contribution is -2.37. The Morgan fingerprint density at radius 1 is 1.12 bits per heavy atom.